The smallest absolute Gasteiger partial charge is 0.337 e. The van der Waals surface area contributed by atoms with Gasteiger partial charge in [0.05, 0.1) is 37.1 Å². The second-order valence-electron chi connectivity index (χ2n) is 6.28. The first-order valence-corrected chi connectivity index (χ1v) is 10.3. The number of amides is 2. The van der Waals surface area contributed by atoms with Crippen LogP contribution in [0, 0.1) is 0 Å². The summed E-state index contributed by atoms with van der Waals surface area (Å²) in [6.45, 7) is 1.30. The third kappa shape index (κ3) is 6.05. The second kappa shape index (κ2) is 9.88. The first-order chi connectivity index (χ1) is 14.2. The number of ether oxygens (including phenoxy) is 2. The maximum absolute atomic E-state index is 12.5. The Balaban J connectivity index is 2.19. The van der Waals surface area contributed by atoms with Crippen LogP contribution in [-0.4, -0.2) is 40.4 Å². The zero-order valence-corrected chi connectivity index (χ0v) is 17.5. The number of hydrogen-bond donors (Lipinski definition) is 2. The zero-order valence-electron chi connectivity index (χ0n) is 16.7. The summed E-state index contributed by atoms with van der Waals surface area (Å²) in [6, 6.07) is 11.0. The van der Waals surface area contributed by atoms with Gasteiger partial charge in [0.2, 0.25) is 11.8 Å². The summed E-state index contributed by atoms with van der Waals surface area (Å²) in [5.41, 5.74) is 0.633. The number of methoxy groups -OCH3 is 2. The van der Waals surface area contributed by atoms with Crippen molar-refractivity contribution in [2.24, 2.45) is 0 Å². The molecule has 2 aromatic rings. The molecule has 2 aromatic carbocycles. The molecule has 1 atom stereocenters. The van der Waals surface area contributed by atoms with Gasteiger partial charge < -0.3 is 14.8 Å². The fraction of sp³-hybridized carbons (Fsp3) is 0.250. The van der Waals surface area contributed by atoms with Gasteiger partial charge in [0, 0.05) is 6.92 Å². The van der Waals surface area contributed by atoms with Crippen LogP contribution in [-0.2, 0) is 24.3 Å². The van der Waals surface area contributed by atoms with Crippen molar-refractivity contribution in [1.82, 2.24) is 10.0 Å². The average Bonchev–Trinajstić information content (AvgIpc) is 2.72. The Morgan fingerprint density at radius 2 is 1.70 bits per heavy atom. The SMILES string of the molecule is COC(=O)c1cccc(S(=O)(=O)NC(=O)CC(NC(C)=O)c2ccc(OC)cc2)c1. The van der Waals surface area contributed by atoms with Crippen LogP contribution < -0.4 is 14.8 Å². The Hall–Kier alpha value is -3.40. The molecule has 0 spiro atoms. The van der Waals surface area contributed by atoms with Crippen molar-refractivity contribution in [2.75, 3.05) is 14.2 Å². The highest BCUT2D eigenvalue weighted by molar-refractivity contribution is 7.90. The lowest BCUT2D eigenvalue weighted by Gasteiger charge is -2.18. The molecular formula is C20H22N2O7S. The molecular weight excluding hydrogens is 412 g/mol. The van der Waals surface area contributed by atoms with Crippen molar-refractivity contribution in [3.63, 3.8) is 0 Å². The zero-order chi connectivity index (χ0) is 22.3. The molecule has 2 rings (SSSR count). The summed E-state index contributed by atoms with van der Waals surface area (Å²) < 4.78 is 36.7. The standard InChI is InChI=1S/C20H22N2O7S/c1-13(23)21-18(14-7-9-16(28-2)10-8-14)12-19(24)22-30(26,27)17-6-4-5-15(11-17)20(25)29-3/h4-11,18H,12H2,1-3H3,(H,21,23)(H,22,24). The highest BCUT2D eigenvalue weighted by atomic mass is 32.2. The van der Waals surface area contributed by atoms with Gasteiger partial charge in [0.25, 0.3) is 10.0 Å². The monoisotopic (exact) mass is 434 g/mol. The van der Waals surface area contributed by atoms with E-state index in [1.807, 2.05) is 4.72 Å². The van der Waals surface area contributed by atoms with Crippen molar-refractivity contribution in [2.45, 2.75) is 24.3 Å². The van der Waals surface area contributed by atoms with Gasteiger partial charge in [0.15, 0.2) is 0 Å². The highest BCUT2D eigenvalue weighted by Crippen LogP contribution is 2.21. The van der Waals surface area contributed by atoms with Crippen LogP contribution in [0.4, 0.5) is 0 Å². The van der Waals surface area contributed by atoms with Crippen LogP contribution in [0.3, 0.4) is 0 Å². The van der Waals surface area contributed by atoms with Crippen LogP contribution in [0.15, 0.2) is 53.4 Å². The molecule has 0 aliphatic heterocycles. The predicted molar refractivity (Wildman–Crippen MR) is 107 cm³/mol. The van der Waals surface area contributed by atoms with E-state index >= 15 is 0 Å². The van der Waals surface area contributed by atoms with Crippen LogP contribution in [0.5, 0.6) is 5.75 Å². The first-order valence-electron chi connectivity index (χ1n) is 8.81. The molecule has 30 heavy (non-hydrogen) atoms. The Kier molecular flexibility index (Phi) is 7.54. The van der Waals surface area contributed by atoms with Gasteiger partial charge in [-0.2, -0.15) is 0 Å². The number of sulfonamides is 1. The molecule has 0 fully saturated rings. The number of benzene rings is 2. The fourth-order valence-corrected chi connectivity index (χ4v) is 3.72. The third-order valence-electron chi connectivity index (χ3n) is 4.10. The van der Waals surface area contributed by atoms with Gasteiger partial charge in [-0.1, -0.05) is 18.2 Å². The van der Waals surface area contributed by atoms with E-state index in [2.05, 4.69) is 10.1 Å². The summed E-state index contributed by atoms with van der Waals surface area (Å²) in [7, 11) is -1.55. The molecule has 0 aliphatic rings. The molecule has 0 bridgehead atoms. The summed E-state index contributed by atoms with van der Waals surface area (Å²) in [4.78, 5) is 35.3. The molecule has 0 aliphatic carbocycles. The molecule has 0 heterocycles. The van der Waals surface area contributed by atoms with Gasteiger partial charge >= 0.3 is 5.97 Å². The maximum Gasteiger partial charge on any atom is 0.337 e. The lowest BCUT2D eigenvalue weighted by atomic mass is 10.0. The van der Waals surface area contributed by atoms with Gasteiger partial charge in [-0.05, 0) is 35.9 Å². The minimum absolute atomic E-state index is 0.0298. The van der Waals surface area contributed by atoms with Crippen molar-refractivity contribution in [3.05, 3.63) is 59.7 Å². The van der Waals surface area contributed by atoms with Crippen LogP contribution in [0.25, 0.3) is 0 Å². The van der Waals surface area contributed by atoms with E-state index in [1.165, 1.54) is 39.3 Å². The van der Waals surface area contributed by atoms with E-state index in [0.29, 0.717) is 11.3 Å². The van der Waals surface area contributed by atoms with E-state index in [1.54, 1.807) is 24.3 Å². The number of nitrogens with one attached hydrogen (secondary N) is 2. The lowest BCUT2D eigenvalue weighted by Crippen LogP contribution is -2.35. The number of carbonyl (C=O) groups excluding carboxylic acids is 3. The van der Waals surface area contributed by atoms with Gasteiger partial charge in [-0.3, -0.25) is 9.59 Å². The molecule has 1 unspecified atom stereocenters. The van der Waals surface area contributed by atoms with Crippen LogP contribution in [0.1, 0.15) is 35.3 Å². The summed E-state index contributed by atoms with van der Waals surface area (Å²) in [6.07, 6.45) is -0.318. The normalized spacial score (nSPS) is 11.8. The minimum atomic E-state index is -4.23. The molecule has 2 amide bonds. The van der Waals surface area contributed by atoms with Crippen molar-refractivity contribution >= 4 is 27.8 Å². The largest absolute Gasteiger partial charge is 0.497 e. The van der Waals surface area contributed by atoms with Gasteiger partial charge in [-0.15, -0.1) is 0 Å². The first kappa shape index (κ1) is 22.9. The molecule has 0 radical (unpaired) electrons. The lowest BCUT2D eigenvalue weighted by molar-refractivity contribution is -0.121. The molecule has 2 N–H and O–H groups in total. The minimum Gasteiger partial charge on any atom is -0.497 e. The molecule has 10 heteroatoms. The molecule has 0 saturated carbocycles. The van der Waals surface area contributed by atoms with Crippen molar-refractivity contribution in [1.29, 1.82) is 0 Å². The quantitative estimate of drug-likeness (QED) is 0.603. The molecule has 160 valence electrons. The summed E-state index contributed by atoms with van der Waals surface area (Å²) >= 11 is 0. The van der Waals surface area contributed by atoms with Crippen LogP contribution in [0.2, 0.25) is 0 Å². The van der Waals surface area contributed by atoms with E-state index in [9.17, 15) is 22.8 Å². The van der Waals surface area contributed by atoms with Crippen molar-refractivity contribution < 1.29 is 32.3 Å². The number of esters is 1. The van der Waals surface area contributed by atoms with Crippen molar-refractivity contribution in [3.8, 4) is 5.75 Å². The van der Waals surface area contributed by atoms with E-state index in [4.69, 9.17) is 4.74 Å². The van der Waals surface area contributed by atoms with Gasteiger partial charge in [0.1, 0.15) is 5.75 Å². The summed E-state index contributed by atoms with van der Waals surface area (Å²) in [5, 5.41) is 2.63. The Bertz CT molecular complexity index is 1030. The molecule has 0 aromatic heterocycles. The summed E-state index contributed by atoms with van der Waals surface area (Å²) in [5.74, 6) is -1.31. The highest BCUT2D eigenvalue weighted by Gasteiger charge is 2.23. The molecule has 9 nitrogen and oxygen atoms in total. The number of rotatable bonds is 8. The maximum atomic E-state index is 12.5. The average molecular weight is 434 g/mol. The van der Waals surface area contributed by atoms with Crippen LogP contribution >= 0.6 is 0 Å². The predicted octanol–water partition coefficient (Wildman–Crippen LogP) is 1.55. The van der Waals surface area contributed by atoms with E-state index < -0.39 is 27.9 Å². The van der Waals surface area contributed by atoms with E-state index in [-0.39, 0.29) is 22.8 Å². The number of hydrogen-bond acceptors (Lipinski definition) is 7. The third-order valence-corrected chi connectivity index (χ3v) is 5.47. The van der Waals surface area contributed by atoms with E-state index in [0.717, 1.165) is 6.07 Å². The topological polar surface area (TPSA) is 128 Å². The Morgan fingerprint density at radius 1 is 1.03 bits per heavy atom. The van der Waals surface area contributed by atoms with Gasteiger partial charge in [-0.25, -0.2) is 17.9 Å². The Morgan fingerprint density at radius 3 is 2.27 bits per heavy atom. The Labute approximate surface area is 174 Å². The number of carbonyl (C=O) groups is 3. The fourth-order valence-electron chi connectivity index (χ4n) is 2.68. The second-order valence-corrected chi connectivity index (χ2v) is 7.96. The molecule has 0 saturated heterocycles.